The molecule has 1 aliphatic rings. The average molecular weight is 402 g/mol. The lowest BCUT2D eigenvalue weighted by Crippen LogP contribution is -2.25. The first-order valence-corrected chi connectivity index (χ1v) is 9.79. The predicted molar refractivity (Wildman–Crippen MR) is 117 cm³/mol. The Morgan fingerprint density at radius 1 is 1.10 bits per heavy atom. The summed E-state index contributed by atoms with van der Waals surface area (Å²) in [7, 11) is 0. The van der Waals surface area contributed by atoms with Crippen molar-refractivity contribution in [3.05, 3.63) is 53.6 Å². The summed E-state index contributed by atoms with van der Waals surface area (Å²) < 4.78 is 5.62. The number of likely N-dealkylation sites (tertiary alicyclic amines) is 1. The Balaban J connectivity index is 0.000000284. The molecule has 1 saturated heterocycles. The fourth-order valence-electron chi connectivity index (χ4n) is 2.77. The number of nitrogens with two attached hydrogens (primary N) is 2. The van der Waals surface area contributed by atoms with Gasteiger partial charge in [0.2, 0.25) is 0 Å². The van der Waals surface area contributed by atoms with Gasteiger partial charge in [-0.3, -0.25) is 9.69 Å². The molecule has 0 aromatic heterocycles. The highest BCUT2D eigenvalue weighted by molar-refractivity contribution is 5.96. The van der Waals surface area contributed by atoms with Crippen LogP contribution in [0.3, 0.4) is 0 Å². The number of rotatable bonds is 6. The Labute approximate surface area is 172 Å². The van der Waals surface area contributed by atoms with Gasteiger partial charge in [0, 0.05) is 6.54 Å². The maximum absolute atomic E-state index is 10.8. The van der Waals surface area contributed by atoms with E-state index in [1.165, 1.54) is 32.0 Å². The summed E-state index contributed by atoms with van der Waals surface area (Å²) in [4.78, 5) is 23.6. The maximum Gasteiger partial charge on any atom is 0.337 e. The molecule has 1 fully saturated rings. The van der Waals surface area contributed by atoms with E-state index in [-0.39, 0.29) is 11.3 Å². The van der Waals surface area contributed by atoms with Gasteiger partial charge in [0.25, 0.3) is 0 Å². The lowest BCUT2D eigenvalue weighted by molar-refractivity contribution is 0.0698. The van der Waals surface area contributed by atoms with E-state index in [0.717, 1.165) is 12.8 Å². The highest BCUT2D eigenvalue weighted by atomic mass is 16.5. The summed E-state index contributed by atoms with van der Waals surface area (Å²) in [6.07, 6.45) is 3.43. The van der Waals surface area contributed by atoms with Crippen molar-refractivity contribution in [2.75, 3.05) is 37.7 Å². The van der Waals surface area contributed by atoms with E-state index in [2.05, 4.69) is 4.90 Å². The molecular weight excluding hydrogens is 370 g/mol. The first-order chi connectivity index (χ1) is 14.0. The van der Waals surface area contributed by atoms with Crippen molar-refractivity contribution in [2.24, 2.45) is 0 Å². The smallest absolute Gasteiger partial charge is 0.337 e. The number of carbonyl (C=O) groups excluding carboxylic acids is 1. The minimum absolute atomic E-state index is 0.0463. The van der Waals surface area contributed by atoms with Gasteiger partial charge in [0.15, 0.2) is 6.29 Å². The molecule has 3 rings (SSSR count). The van der Waals surface area contributed by atoms with Crippen molar-refractivity contribution in [3.8, 4) is 5.75 Å². The fourth-order valence-corrected chi connectivity index (χ4v) is 2.77. The largest absolute Gasteiger partial charge is 0.492 e. The number of benzene rings is 2. The zero-order valence-corrected chi connectivity index (χ0v) is 17.1. The molecule has 1 aliphatic heterocycles. The topological polar surface area (TPSA) is 119 Å². The number of para-hydroxylation sites is 2. The number of aldehydes is 1. The first kappa shape index (κ1) is 24.0. The van der Waals surface area contributed by atoms with Crippen molar-refractivity contribution in [1.82, 2.24) is 4.90 Å². The molecule has 29 heavy (non-hydrogen) atoms. The molecule has 0 spiro atoms. The number of nitrogen functional groups attached to an aromatic ring is 2. The van der Waals surface area contributed by atoms with E-state index in [9.17, 15) is 9.59 Å². The maximum atomic E-state index is 10.8. The minimum atomic E-state index is -1.06. The predicted octanol–water partition coefficient (Wildman–Crippen LogP) is 3.55. The van der Waals surface area contributed by atoms with Gasteiger partial charge in [-0.1, -0.05) is 32.0 Å². The number of anilines is 2. The number of hydrogen-bond donors (Lipinski definition) is 3. The lowest BCUT2D eigenvalue weighted by atomic mass is 10.1. The quantitative estimate of drug-likeness (QED) is 0.500. The molecule has 0 radical (unpaired) electrons. The Morgan fingerprint density at radius 2 is 1.76 bits per heavy atom. The van der Waals surface area contributed by atoms with Crippen molar-refractivity contribution in [2.45, 2.75) is 26.7 Å². The number of carboxylic acid groups (broad SMARTS) is 1. The summed E-state index contributed by atoms with van der Waals surface area (Å²) in [5, 5.41) is 8.55. The fraction of sp³-hybridized carbons (Fsp3) is 0.364. The average Bonchev–Trinajstić information content (AvgIpc) is 3.26. The SMILES string of the molecule is CC.Nc1cccc(C(=O)O)c1N.O=Cc1ccccc1OCCN1CCCC1. The van der Waals surface area contributed by atoms with E-state index < -0.39 is 5.97 Å². The number of ether oxygens (including phenoxy) is 1. The standard InChI is InChI=1S/C13H17NO2.C7H8N2O2.C2H6/c15-11-12-5-1-2-6-13(12)16-10-9-14-7-3-4-8-14;8-5-3-1-2-4(6(5)9)7(10)11;1-2/h1-2,5-6,11H,3-4,7-10H2;1-3H,8-9H2,(H,10,11);1-2H3. The van der Waals surface area contributed by atoms with Crippen LogP contribution in [-0.4, -0.2) is 48.5 Å². The monoisotopic (exact) mass is 401 g/mol. The van der Waals surface area contributed by atoms with Gasteiger partial charge in [0.05, 0.1) is 22.5 Å². The van der Waals surface area contributed by atoms with Gasteiger partial charge in [0.1, 0.15) is 12.4 Å². The van der Waals surface area contributed by atoms with Crippen LogP contribution in [0.4, 0.5) is 11.4 Å². The normalized spacial score (nSPS) is 12.8. The van der Waals surface area contributed by atoms with Crippen LogP contribution in [0.5, 0.6) is 5.75 Å². The number of nitrogens with zero attached hydrogens (tertiary/aromatic N) is 1. The Bertz CT molecular complexity index is 774. The van der Waals surface area contributed by atoms with Crippen molar-refractivity contribution in [1.29, 1.82) is 0 Å². The zero-order valence-electron chi connectivity index (χ0n) is 17.1. The molecule has 0 unspecified atom stereocenters. The Kier molecular flexibility index (Phi) is 10.9. The van der Waals surface area contributed by atoms with Crippen LogP contribution in [0.15, 0.2) is 42.5 Å². The van der Waals surface area contributed by atoms with Crippen LogP contribution < -0.4 is 16.2 Å². The molecule has 0 aliphatic carbocycles. The second kappa shape index (κ2) is 13.2. The van der Waals surface area contributed by atoms with Crippen LogP contribution >= 0.6 is 0 Å². The van der Waals surface area contributed by atoms with Gasteiger partial charge >= 0.3 is 5.97 Å². The lowest BCUT2D eigenvalue weighted by Gasteiger charge is -2.15. The van der Waals surface area contributed by atoms with Crippen LogP contribution in [0.25, 0.3) is 0 Å². The van der Waals surface area contributed by atoms with Gasteiger partial charge in [-0.2, -0.15) is 0 Å². The Morgan fingerprint density at radius 3 is 2.34 bits per heavy atom. The molecule has 158 valence electrons. The van der Waals surface area contributed by atoms with E-state index in [1.807, 2.05) is 32.0 Å². The Hall–Kier alpha value is -3.06. The molecule has 0 atom stereocenters. The summed E-state index contributed by atoms with van der Waals surface area (Å²) in [6, 6.07) is 11.9. The molecule has 2 aromatic rings. The number of aromatic carboxylic acids is 1. The first-order valence-electron chi connectivity index (χ1n) is 9.79. The second-order valence-electron chi connectivity index (χ2n) is 6.17. The van der Waals surface area contributed by atoms with E-state index in [0.29, 0.717) is 23.6 Å². The molecule has 1 heterocycles. The van der Waals surface area contributed by atoms with Crippen LogP contribution in [0.2, 0.25) is 0 Å². The number of hydrogen-bond acceptors (Lipinski definition) is 6. The third-order valence-electron chi connectivity index (χ3n) is 4.28. The van der Waals surface area contributed by atoms with Crippen molar-refractivity contribution < 1.29 is 19.4 Å². The minimum Gasteiger partial charge on any atom is -0.492 e. The van der Waals surface area contributed by atoms with Crippen LogP contribution in [0.1, 0.15) is 47.4 Å². The second-order valence-corrected chi connectivity index (χ2v) is 6.17. The third-order valence-corrected chi connectivity index (χ3v) is 4.28. The van der Waals surface area contributed by atoms with E-state index >= 15 is 0 Å². The van der Waals surface area contributed by atoms with Gasteiger partial charge in [-0.05, 0) is 50.2 Å². The summed E-state index contributed by atoms with van der Waals surface area (Å²) in [5.74, 6) is -0.369. The summed E-state index contributed by atoms with van der Waals surface area (Å²) in [5.41, 5.74) is 11.8. The summed E-state index contributed by atoms with van der Waals surface area (Å²) >= 11 is 0. The third kappa shape index (κ3) is 7.83. The van der Waals surface area contributed by atoms with Gasteiger partial charge in [-0.25, -0.2) is 4.79 Å². The number of carbonyl (C=O) groups is 2. The van der Waals surface area contributed by atoms with Crippen LogP contribution in [-0.2, 0) is 0 Å². The molecule has 0 amide bonds. The summed E-state index contributed by atoms with van der Waals surface area (Å²) in [6.45, 7) is 7.97. The van der Waals surface area contributed by atoms with Crippen molar-refractivity contribution >= 4 is 23.6 Å². The van der Waals surface area contributed by atoms with Gasteiger partial charge in [-0.15, -0.1) is 0 Å². The molecule has 7 nitrogen and oxygen atoms in total. The van der Waals surface area contributed by atoms with E-state index in [4.69, 9.17) is 21.3 Å². The molecule has 7 heteroatoms. The van der Waals surface area contributed by atoms with Gasteiger partial charge < -0.3 is 21.3 Å². The van der Waals surface area contributed by atoms with E-state index in [1.54, 1.807) is 18.2 Å². The molecular formula is C22H31N3O4. The highest BCUT2D eigenvalue weighted by Crippen LogP contribution is 2.18. The van der Waals surface area contributed by atoms with Crippen LogP contribution in [0, 0.1) is 0 Å². The molecule has 0 bridgehead atoms. The number of carboxylic acids is 1. The molecule has 0 saturated carbocycles. The highest BCUT2D eigenvalue weighted by Gasteiger charge is 2.11. The zero-order chi connectivity index (χ0) is 21.6. The van der Waals surface area contributed by atoms with Crippen molar-refractivity contribution in [3.63, 3.8) is 0 Å². The molecule has 2 aromatic carbocycles. The molecule has 5 N–H and O–H groups in total.